The van der Waals surface area contributed by atoms with Crippen molar-refractivity contribution < 1.29 is 14.3 Å². The first-order valence-electron chi connectivity index (χ1n) is 8.35. The molecule has 1 spiro atoms. The fourth-order valence-corrected chi connectivity index (χ4v) is 3.42. The molecule has 0 aromatic carbocycles. The van der Waals surface area contributed by atoms with E-state index in [1.807, 2.05) is 6.92 Å². The Balaban J connectivity index is 1.65. The minimum absolute atomic E-state index is 0.0861. The molecule has 1 amide bonds. The van der Waals surface area contributed by atoms with Crippen molar-refractivity contribution in [3.05, 3.63) is 34.2 Å². The van der Waals surface area contributed by atoms with Gasteiger partial charge in [-0.1, -0.05) is 0 Å². The molecule has 6 heteroatoms. The Morgan fingerprint density at radius 2 is 2.17 bits per heavy atom. The number of aryl methyl sites for hydroxylation is 1. The van der Waals surface area contributed by atoms with Crippen LogP contribution < -0.4 is 10.9 Å². The summed E-state index contributed by atoms with van der Waals surface area (Å²) in [5.41, 5.74) is 0.125. The first kappa shape index (κ1) is 16.2. The van der Waals surface area contributed by atoms with Crippen molar-refractivity contribution in [2.45, 2.75) is 50.8 Å². The van der Waals surface area contributed by atoms with Gasteiger partial charge in [-0.15, -0.1) is 0 Å². The lowest BCUT2D eigenvalue weighted by atomic mass is 9.84. The summed E-state index contributed by atoms with van der Waals surface area (Å²) >= 11 is 0. The largest absolute Gasteiger partial charge is 0.381 e. The van der Waals surface area contributed by atoms with Gasteiger partial charge in [-0.3, -0.25) is 9.59 Å². The van der Waals surface area contributed by atoms with E-state index in [-0.39, 0.29) is 23.1 Å². The zero-order valence-electron chi connectivity index (χ0n) is 13.5. The number of aromatic nitrogens is 1. The highest BCUT2D eigenvalue weighted by molar-refractivity contribution is 5.94. The van der Waals surface area contributed by atoms with E-state index in [2.05, 4.69) is 5.32 Å². The van der Waals surface area contributed by atoms with E-state index < -0.39 is 0 Å². The number of ether oxygens (including phenoxy) is 2. The molecule has 6 nitrogen and oxygen atoms in total. The summed E-state index contributed by atoms with van der Waals surface area (Å²) in [6.45, 7) is 4.59. The van der Waals surface area contributed by atoms with Gasteiger partial charge in [0.15, 0.2) is 0 Å². The molecule has 1 atom stereocenters. The average molecular weight is 320 g/mol. The summed E-state index contributed by atoms with van der Waals surface area (Å²) in [7, 11) is 0. The van der Waals surface area contributed by atoms with E-state index in [0.717, 1.165) is 38.9 Å². The predicted molar refractivity (Wildman–Crippen MR) is 85.6 cm³/mol. The molecule has 2 saturated heterocycles. The number of rotatable bonds is 3. The molecule has 1 N–H and O–H groups in total. The van der Waals surface area contributed by atoms with Crippen LogP contribution in [-0.4, -0.2) is 41.9 Å². The van der Waals surface area contributed by atoms with E-state index in [1.54, 1.807) is 16.8 Å². The summed E-state index contributed by atoms with van der Waals surface area (Å²) in [6, 6.07) is 3.19. The van der Waals surface area contributed by atoms with Crippen LogP contribution in [0.5, 0.6) is 0 Å². The van der Waals surface area contributed by atoms with Crippen molar-refractivity contribution in [2.24, 2.45) is 0 Å². The van der Waals surface area contributed by atoms with Crippen LogP contribution in [-0.2, 0) is 16.0 Å². The normalized spacial score (nSPS) is 23.6. The second-order valence-corrected chi connectivity index (χ2v) is 6.35. The van der Waals surface area contributed by atoms with Gasteiger partial charge >= 0.3 is 0 Å². The molecule has 2 aliphatic heterocycles. The van der Waals surface area contributed by atoms with Crippen LogP contribution in [0, 0.1) is 0 Å². The predicted octanol–water partition coefficient (Wildman–Crippen LogP) is 1.33. The van der Waals surface area contributed by atoms with Crippen molar-refractivity contribution >= 4 is 5.91 Å². The van der Waals surface area contributed by atoms with Crippen LogP contribution in [0.1, 0.15) is 43.0 Å². The van der Waals surface area contributed by atoms with Gasteiger partial charge in [-0.05, 0) is 38.7 Å². The molecule has 0 unspecified atom stereocenters. The van der Waals surface area contributed by atoms with Gasteiger partial charge in [0.1, 0.15) is 0 Å². The highest BCUT2D eigenvalue weighted by Crippen LogP contribution is 2.34. The van der Waals surface area contributed by atoms with Crippen molar-refractivity contribution in [1.82, 2.24) is 9.88 Å². The van der Waals surface area contributed by atoms with Crippen LogP contribution in [0.3, 0.4) is 0 Å². The van der Waals surface area contributed by atoms with Gasteiger partial charge < -0.3 is 19.4 Å². The molecule has 0 bridgehead atoms. The molecule has 0 aliphatic carbocycles. The summed E-state index contributed by atoms with van der Waals surface area (Å²) in [6.07, 6.45) is 5.05. The smallest absolute Gasteiger partial charge is 0.251 e. The maximum Gasteiger partial charge on any atom is 0.251 e. The number of nitrogens with one attached hydrogen (secondary N) is 1. The third-order valence-corrected chi connectivity index (χ3v) is 4.83. The Labute approximate surface area is 135 Å². The molecule has 0 radical (unpaired) electrons. The second-order valence-electron chi connectivity index (χ2n) is 6.35. The average Bonchev–Trinajstić information content (AvgIpc) is 2.55. The fraction of sp³-hybridized carbons (Fsp3) is 0.647. The van der Waals surface area contributed by atoms with Crippen LogP contribution in [0.4, 0.5) is 0 Å². The lowest BCUT2D eigenvalue weighted by Gasteiger charge is -2.43. The fourth-order valence-electron chi connectivity index (χ4n) is 3.42. The molecule has 1 aromatic rings. The number of carbonyl (C=O) groups excluding carboxylic acids is 1. The third-order valence-electron chi connectivity index (χ3n) is 4.83. The van der Waals surface area contributed by atoms with E-state index in [4.69, 9.17) is 9.47 Å². The first-order chi connectivity index (χ1) is 11.1. The van der Waals surface area contributed by atoms with Crippen molar-refractivity contribution in [2.75, 3.05) is 19.8 Å². The quantitative estimate of drug-likeness (QED) is 0.912. The van der Waals surface area contributed by atoms with Crippen LogP contribution in [0.15, 0.2) is 23.1 Å². The number of pyridine rings is 1. The first-order valence-corrected chi connectivity index (χ1v) is 8.35. The van der Waals surface area contributed by atoms with Gasteiger partial charge in [0.25, 0.3) is 11.5 Å². The van der Waals surface area contributed by atoms with Gasteiger partial charge in [0, 0.05) is 50.2 Å². The maximum absolute atomic E-state index is 12.4. The topological polar surface area (TPSA) is 69.6 Å². The second kappa shape index (κ2) is 6.84. The van der Waals surface area contributed by atoms with Crippen LogP contribution in [0.2, 0.25) is 0 Å². The molecular formula is C17H24N2O4. The summed E-state index contributed by atoms with van der Waals surface area (Å²) in [4.78, 5) is 24.3. The Bertz CT molecular complexity index is 614. The lowest BCUT2D eigenvalue weighted by molar-refractivity contribution is -0.139. The maximum atomic E-state index is 12.4. The van der Waals surface area contributed by atoms with Crippen molar-refractivity contribution in [3.8, 4) is 0 Å². The molecule has 0 saturated carbocycles. The summed E-state index contributed by atoms with van der Waals surface area (Å²) in [5, 5.41) is 3.06. The molecule has 2 aliphatic rings. The number of carbonyl (C=O) groups is 1. The molecule has 23 heavy (non-hydrogen) atoms. The Hall–Kier alpha value is -1.66. The van der Waals surface area contributed by atoms with Gasteiger partial charge in [-0.25, -0.2) is 0 Å². The van der Waals surface area contributed by atoms with E-state index in [1.165, 1.54) is 6.07 Å². The summed E-state index contributed by atoms with van der Waals surface area (Å²) in [5.74, 6) is -0.181. The zero-order chi connectivity index (χ0) is 16.3. The zero-order valence-corrected chi connectivity index (χ0v) is 13.5. The number of amides is 1. The molecule has 3 rings (SSSR count). The molecular weight excluding hydrogens is 296 g/mol. The third kappa shape index (κ3) is 3.64. The molecule has 1 aromatic heterocycles. The SMILES string of the molecule is CCn1ccc(C(=O)N[C@H]2CCOC3(CCOCC3)C2)cc1=O. The highest BCUT2D eigenvalue weighted by atomic mass is 16.5. The minimum Gasteiger partial charge on any atom is -0.381 e. The summed E-state index contributed by atoms with van der Waals surface area (Å²) < 4.78 is 13.0. The van der Waals surface area contributed by atoms with Crippen LogP contribution in [0.25, 0.3) is 0 Å². The molecule has 3 heterocycles. The van der Waals surface area contributed by atoms with Crippen molar-refractivity contribution in [1.29, 1.82) is 0 Å². The van der Waals surface area contributed by atoms with Crippen LogP contribution >= 0.6 is 0 Å². The molecule has 2 fully saturated rings. The highest BCUT2D eigenvalue weighted by Gasteiger charge is 2.39. The van der Waals surface area contributed by atoms with E-state index >= 15 is 0 Å². The lowest BCUT2D eigenvalue weighted by Crippen LogP contribution is -2.51. The minimum atomic E-state index is -0.181. The Kier molecular flexibility index (Phi) is 4.82. The number of nitrogens with zero attached hydrogens (tertiary/aromatic N) is 1. The number of hydrogen-bond donors (Lipinski definition) is 1. The van der Waals surface area contributed by atoms with Crippen molar-refractivity contribution in [3.63, 3.8) is 0 Å². The standard InChI is InChI=1S/C17H24N2O4/c1-2-19-7-3-13(11-15(19)20)16(21)18-14-4-8-23-17(12-14)5-9-22-10-6-17/h3,7,11,14H,2,4-6,8-10,12H2,1H3,(H,18,21)/t14-/m0/s1. The Morgan fingerprint density at radius 1 is 1.39 bits per heavy atom. The molecule has 126 valence electrons. The number of hydrogen-bond acceptors (Lipinski definition) is 4. The van der Waals surface area contributed by atoms with E-state index in [9.17, 15) is 9.59 Å². The van der Waals surface area contributed by atoms with Gasteiger partial charge in [-0.2, -0.15) is 0 Å². The monoisotopic (exact) mass is 320 g/mol. The van der Waals surface area contributed by atoms with E-state index in [0.29, 0.717) is 18.7 Å². The van der Waals surface area contributed by atoms with Gasteiger partial charge in [0.05, 0.1) is 5.60 Å². The van der Waals surface area contributed by atoms with Gasteiger partial charge in [0.2, 0.25) is 0 Å². The Morgan fingerprint density at radius 3 is 2.87 bits per heavy atom.